The Balaban J connectivity index is 1.43. The number of aromatic nitrogens is 1. The summed E-state index contributed by atoms with van der Waals surface area (Å²) >= 11 is 0. The molecule has 0 radical (unpaired) electrons. The van der Waals surface area contributed by atoms with Gasteiger partial charge in [-0.25, -0.2) is 4.98 Å². The first-order valence-electron chi connectivity index (χ1n) is 11.0. The fourth-order valence-electron chi connectivity index (χ4n) is 4.10. The van der Waals surface area contributed by atoms with Crippen LogP contribution in [-0.2, 0) is 4.79 Å². The zero-order valence-electron chi connectivity index (χ0n) is 18.6. The van der Waals surface area contributed by atoms with Crippen molar-refractivity contribution in [2.45, 2.75) is 18.6 Å². The number of amides is 1. The lowest BCUT2D eigenvalue weighted by Crippen LogP contribution is -2.40. The van der Waals surface area contributed by atoms with E-state index in [0.29, 0.717) is 19.0 Å². The van der Waals surface area contributed by atoms with Crippen molar-refractivity contribution in [3.8, 4) is 5.88 Å². The SMILES string of the molecule is CNc1ccc2nc(OCC(=O)N(C)C(CN3CC[C@H](O)C3)c3ccccc3)ccc2c1. The molecular formula is C25H30N4O3. The number of hydrogen-bond acceptors (Lipinski definition) is 6. The molecule has 1 amide bonds. The summed E-state index contributed by atoms with van der Waals surface area (Å²) in [6.45, 7) is 2.05. The molecule has 32 heavy (non-hydrogen) atoms. The topological polar surface area (TPSA) is 77.9 Å². The maximum Gasteiger partial charge on any atom is 0.260 e. The zero-order valence-corrected chi connectivity index (χ0v) is 18.6. The number of hydrogen-bond donors (Lipinski definition) is 2. The molecule has 0 bridgehead atoms. The number of likely N-dealkylation sites (tertiary alicyclic amines) is 1. The van der Waals surface area contributed by atoms with E-state index in [9.17, 15) is 9.90 Å². The molecule has 1 fully saturated rings. The first-order valence-corrected chi connectivity index (χ1v) is 11.0. The van der Waals surface area contributed by atoms with E-state index in [0.717, 1.165) is 35.1 Å². The Labute approximate surface area is 188 Å². The summed E-state index contributed by atoms with van der Waals surface area (Å²) in [5.41, 5.74) is 2.90. The van der Waals surface area contributed by atoms with Gasteiger partial charge in [-0.1, -0.05) is 30.3 Å². The molecule has 7 nitrogen and oxygen atoms in total. The Morgan fingerprint density at radius 2 is 2.06 bits per heavy atom. The van der Waals surface area contributed by atoms with Crippen molar-refractivity contribution in [3.63, 3.8) is 0 Å². The van der Waals surface area contributed by atoms with E-state index in [4.69, 9.17) is 4.74 Å². The van der Waals surface area contributed by atoms with Crippen molar-refractivity contribution in [2.75, 3.05) is 45.7 Å². The second-order valence-electron chi connectivity index (χ2n) is 8.23. The van der Waals surface area contributed by atoms with Crippen LogP contribution in [0.2, 0.25) is 0 Å². The van der Waals surface area contributed by atoms with Gasteiger partial charge in [0.25, 0.3) is 5.91 Å². The number of anilines is 1. The number of carbonyl (C=O) groups is 1. The molecule has 1 aliphatic rings. The number of ether oxygens (including phenoxy) is 1. The predicted octanol–water partition coefficient (Wildman–Crippen LogP) is 2.92. The van der Waals surface area contributed by atoms with Gasteiger partial charge in [0.2, 0.25) is 5.88 Å². The normalized spacial score (nSPS) is 17.3. The summed E-state index contributed by atoms with van der Waals surface area (Å²) in [6, 6.07) is 19.5. The molecule has 2 aromatic carbocycles. The molecule has 2 N–H and O–H groups in total. The number of rotatable bonds is 8. The third kappa shape index (κ3) is 5.18. The van der Waals surface area contributed by atoms with E-state index in [-0.39, 0.29) is 24.7 Å². The molecule has 7 heteroatoms. The number of likely N-dealkylation sites (N-methyl/N-ethyl adjacent to an activating group) is 1. The number of fused-ring (bicyclic) bond motifs is 1. The van der Waals surface area contributed by atoms with E-state index in [2.05, 4.69) is 15.2 Å². The van der Waals surface area contributed by atoms with Crippen LogP contribution in [0.5, 0.6) is 5.88 Å². The van der Waals surface area contributed by atoms with E-state index < -0.39 is 0 Å². The van der Waals surface area contributed by atoms with Gasteiger partial charge in [-0.3, -0.25) is 9.69 Å². The van der Waals surface area contributed by atoms with Crippen LogP contribution in [-0.4, -0.2) is 72.2 Å². The van der Waals surface area contributed by atoms with Crippen LogP contribution in [0.15, 0.2) is 60.7 Å². The van der Waals surface area contributed by atoms with Crippen molar-refractivity contribution >= 4 is 22.5 Å². The predicted molar refractivity (Wildman–Crippen MR) is 126 cm³/mol. The lowest BCUT2D eigenvalue weighted by Gasteiger charge is -2.32. The maximum absolute atomic E-state index is 13.0. The number of nitrogens with zero attached hydrogens (tertiary/aromatic N) is 3. The van der Waals surface area contributed by atoms with Gasteiger partial charge < -0.3 is 20.1 Å². The molecule has 0 spiro atoms. The van der Waals surface area contributed by atoms with E-state index in [1.165, 1.54) is 0 Å². The highest BCUT2D eigenvalue weighted by Crippen LogP contribution is 2.24. The Morgan fingerprint density at radius 1 is 1.25 bits per heavy atom. The number of carbonyl (C=O) groups excluding carboxylic acids is 1. The van der Waals surface area contributed by atoms with Gasteiger partial charge in [0, 0.05) is 50.9 Å². The minimum Gasteiger partial charge on any atom is -0.468 e. The van der Waals surface area contributed by atoms with Crippen molar-refractivity contribution < 1.29 is 14.6 Å². The molecule has 1 saturated heterocycles. The summed E-state index contributed by atoms with van der Waals surface area (Å²) in [6.07, 6.45) is 0.477. The smallest absolute Gasteiger partial charge is 0.260 e. The second-order valence-corrected chi connectivity index (χ2v) is 8.23. The van der Waals surface area contributed by atoms with Gasteiger partial charge >= 0.3 is 0 Å². The van der Waals surface area contributed by atoms with Crippen LogP contribution in [0.1, 0.15) is 18.0 Å². The second kappa shape index (κ2) is 9.97. The Kier molecular flexibility index (Phi) is 6.87. The Hall–Kier alpha value is -3.16. The summed E-state index contributed by atoms with van der Waals surface area (Å²) in [4.78, 5) is 21.5. The highest BCUT2D eigenvalue weighted by Gasteiger charge is 2.28. The lowest BCUT2D eigenvalue weighted by atomic mass is 10.0. The minimum atomic E-state index is -0.293. The summed E-state index contributed by atoms with van der Waals surface area (Å²) in [7, 11) is 3.69. The average molecular weight is 435 g/mol. The van der Waals surface area contributed by atoms with Gasteiger partial charge in [0.1, 0.15) is 0 Å². The standard InChI is InChI=1S/C25H30N4O3/c1-26-20-9-10-22-19(14-20)8-11-24(27-22)32-17-25(31)28(2)23(18-6-4-3-5-7-18)16-29-13-12-21(30)15-29/h3-11,14,21,23,26,30H,12-13,15-17H2,1-2H3/t21-,23?/m0/s1. The highest BCUT2D eigenvalue weighted by molar-refractivity contribution is 5.83. The average Bonchev–Trinajstić information content (AvgIpc) is 3.25. The number of aliphatic hydroxyl groups excluding tert-OH is 1. The third-order valence-electron chi connectivity index (χ3n) is 6.02. The Bertz CT molecular complexity index is 1060. The number of β-amino-alcohol motifs (C(OH)–C–C–N with tert-alkyl or cyclic N) is 1. The largest absolute Gasteiger partial charge is 0.468 e. The van der Waals surface area contributed by atoms with Crippen LogP contribution < -0.4 is 10.1 Å². The van der Waals surface area contributed by atoms with E-state index in [1.807, 2.05) is 68.7 Å². The summed E-state index contributed by atoms with van der Waals surface area (Å²) < 4.78 is 5.76. The lowest BCUT2D eigenvalue weighted by molar-refractivity contribution is -0.134. The van der Waals surface area contributed by atoms with Crippen LogP contribution in [0.3, 0.4) is 0 Å². The van der Waals surface area contributed by atoms with Crippen molar-refractivity contribution in [1.29, 1.82) is 0 Å². The molecule has 2 atom stereocenters. The van der Waals surface area contributed by atoms with Crippen molar-refractivity contribution in [1.82, 2.24) is 14.8 Å². The molecule has 0 aliphatic carbocycles. The number of aliphatic hydroxyl groups is 1. The quantitative estimate of drug-likeness (QED) is 0.568. The van der Waals surface area contributed by atoms with Gasteiger partial charge in [-0.05, 0) is 36.2 Å². The van der Waals surface area contributed by atoms with Crippen molar-refractivity contribution in [3.05, 3.63) is 66.2 Å². The minimum absolute atomic E-state index is 0.0877. The number of benzene rings is 2. The molecule has 1 unspecified atom stereocenters. The van der Waals surface area contributed by atoms with E-state index in [1.54, 1.807) is 11.0 Å². The molecule has 1 aromatic heterocycles. The molecule has 4 rings (SSSR count). The van der Waals surface area contributed by atoms with E-state index >= 15 is 0 Å². The molecule has 2 heterocycles. The molecule has 168 valence electrons. The van der Waals surface area contributed by atoms with Crippen LogP contribution >= 0.6 is 0 Å². The summed E-state index contributed by atoms with van der Waals surface area (Å²) in [5, 5.41) is 14.0. The van der Waals surface area contributed by atoms with Gasteiger partial charge in [-0.15, -0.1) is 0 Å². The zero-order chi connectivity index (χ0) is 22.5. The van der Waals surface area contributed by atoms with Gasteiger partial charge in [0.05, 0.1) is 17.7 Å². The summed E-state index contributed by atoms with van der Waals surface area (Å²) in [5.74, 6) is 0.307. The van der Waals surface area contributed by atoms with Crippen LogP contribution in [0.4, 0.5) is 5.69 Å². The fourth-order valence-corrected chi connectivity index (χ4v) is 4.10. The Morgan fingerprint density at radius 3 is 2.78 bits per heavy atom. The monoisotopic (exact) mass is 434 g/mol. The third-order valence-corrected chi connectivity index (χ3v) is 6.02. The maximum atomic E-state index is 13.0. The molecule has 0 saturated carbocycles. The molecule has 1 aliphatic heterocycles. The van der Waals surface area contributed by atoms with Gasteiger partial charge in [-0.2, -0.15) is 0 Å². The van der Waals surface area contributed by atoms with Crippen LogP contribution in [0, 0.1) is 0 Å². The first kappa shape index (κ1) is 22.0. The number of pyridine rings is 1. The van der Waals surface area contributed by atoms with Crippen molar-refractivity contribution in [2.24, 2.45) is 0 Å². The highest BCUT2D eigenvalue weighted by atomic mass is 16.5. The number of nitrogens with one attached hydrogen (secondary N) is 1. The van der Waals surface area contributed by atoms with Gasteiger partial charge in [0.15, 0.2) is 6.61 Å². The first-order chi connectivity index (χ1) is 15.5. The fraction of sp³-hybridized carbons (Fsp3) is 0.360. The molecular weight excluding hydrogens is 404 g/mol. The molecule has 3 aromatic rings. The van der Waals surface area contributed by atoms with Crippen LogP contribution in [0.25, 0.3) is 10.9 Å².